The first-order valence-electron chi connectivity index (χ1n) is 6.82. The second kappa shape index (κ2) is 5.14. The van der Waals surface area contributed by atoms with Gasteiger partial charge in [-0.3, -0.25) is 4.79 Å². The van der Waals surface area contributed by atoms with Crippen molar-refractivity contribution in [2.75, 3.05) is 26.3 Å². The Morgan fingerprint density at radius 1 is 1.30 bits per heavy atom. The first kappa shape index (κ1) is 13.5. The number of nitrogens with zero attached hydrogens (tertiary/aromatic N) is 2. The number of hydrogen-bond donors (Lipinski definition) is 0. The fraction of sp³-hybridized carbons (Fsp3) is 0.467. The molecule has 0 atom stereocenters. The summed E-state index contributed by atoms with van der Waals surface area (Å²) in [4.78, 5) is 20.9. The van der Waals surface area contributed by atoms with Gasteiger partial charge in [-0.05, 0) is 38.0 Å². The molecule has 0 aliphatic carbocycles. The predicted molar refractivity (Wildman–Crippen MR) is 80.6 cm³/mol. The summed E-state index contributed by atoms with van der Waals surface area (Å²) in [6.45, 7) is 8.72. The summed E-state index contributed by atoms with van der Waals surface area (Å²) in [7, 11) is 0. The van der Waals surface area contributed by atoms with Gasteiger partial charge >= 0.3 is 0 Å². The van der Waals surface area contributed by atoms with Crippen LogP contribution >= 0.6 is 11.3 Å². The lowest BCUT2D eigenvalue weighted by Crippen LogP contribution is -2.40. The molecule has 106 valence electrons. The average Bonchev–Trinajstić information content (AvgIpc) is 2.76. The van der Waals surface area contributed by atoms with Crippen molar-refractivity contribution >= 4 is 27.5 Å². The Labute approximate surface area is 122 Å². The van der Waals surface area contributed by atoms with Crippen LogP contribution < -0.4 is 0 Å². The van der Waals surface area contributed by atoms with E-state index in [2.05, 4.69) is 18.0 Å². The van der Waals surface area contributed by atoms with E-state index in [-0.39, 0.29) is 5.91 Å². The molecule has 20 heavy (non-hydrogen) atoms. The second-order valence-corrected chi connectivity index (χ2v) is 6.22. The molecule has 0 radical (unpaired) electrons. The number of rotatable bonds is 1. The van der Waals surface area contributed by atoms with Gasteiger partial charge in [0.15, 0.2) is 0 Å². The van der Waals surface area contributed by atoms with E-state index in [9.17, 15) is 4.79 Å². The van der Waals surface area contributed by atoms with Crippen LogP contribution in [-0.4, -0.2) is 42.1 Å². The molecule has 0 N–H and O–H groups in total. The van der Waals surface area contributed by atoms with E-state index < -0.39 is 0 Å². The Bertz CT molecular complexity index is 672. The first-order chi connectivity index (χ1) is 9.58. The van der Waals surface area contributed by atoms with Gasteiger partial charge in [-0.1, -0.05) is 0 Å². The quantitative estimate of drug-likeness (QED) is 0.811. The smallest absolute Gasteiger partial charge is 0.264 e. The van der Waals surface area contributed by atoms with Gasteiger partial charge in [0.1, 0.15) is 4.83 Å². The summed E-state index contributed by atoms with van der Waals surface area (Å²) in [5, 5.41) is 1.14. The van der Waals surface area contributed by atoms with Crippen molar-refractivity contribution in [3.8, 4) is 0 Å². The topological polar surface area (TPSA) is 42.4 Å². The SMILES string of the molecule is Cc1cc(C)c2c(C)c(C(=O)N3CCOCC3)sc2n1. The highest BCUT2D eigenvalue weighted by Gasteiger charge is 2.24. The standard InChI is InChI=1S/C15H18N2O2S/c1-9-8-10(2)16-14-12(9)11(3)13(20-14)15(18)17-4-6-19-7-5-17/h8H,4-7H2,1-3H3. The molecule has 0 saturated carbocycles. The number of thiophene rings is 1. The van der Waals surface area contributed by atoms with Crippen LogP contribution in [0.25, 0.3) is 10.2 Å². The molecule has 0 spiro atoms. The Balaban J connectivity index is 2.05. The number of aromatic nitrogens is 1. The van der Waals surface area contributed by atoms with E-state index in [1.54, 1.807) is 0 Å². The summed E-state index contributed by atoms with van der Waals surface area (Å²) >= 11 is 1.51. The maximum Gasteiger partial charge on any atom is 0.264 e. The maximum absolute atomic E-state index is 12.6. The van der Waals surface area contributed by atoms with Crippen molar-refractivity contribution in [2.45, 2.75) is 20.8 Å². The number of carbonyl (C=O) groups excluding carboxylic acids is 1. The molecular weight excluding hydrogens is 272 g/mol. The van der Waals surface area contributed by atoms with E-state index >= 15 is 0 Å². The minimum absolute atomic E-state index is 0.117. The zero-order valence-electron chi connectivity index (χ0n) is 12.0. The zero-order chi connectivity index (χ0) is 14.3. The number of pyridine rings is 1. The summed E-state index contributed by atoms with van der Waals surface area (Å²) in [6, 6.07) is 2.07. The zero-order valence-corrected chi connectivity index (χ0v) is 12.8. The number of aryl methyl sites for hydroxylation is 3. The van der Waals surface area contributed by atoms with Crippen LogP contribution in [0.1, 0.15) is 26.5 Å². The monoisotopic (exact) mass is 290 g/mol. The van der Waals surface area contributed by atoms with Gasteiger partial charge in [0.2, 0.25) is 0 Å². The van der Waals surface area contributed by atoms with Crippen molar-refractivity contribution in [3.05, 3.63) is 27.8 Å². The van der Waals surface area contributed by atoms with E-state index in [0.717, 1.165) is 26.4 Å². The summed E-state index contributed by atoms with van der Waals surface area (Å²) in [5.74, 6) is 0.117. The Hall–Kier alpha value is -1.46. The molecule has 0 unspecified atom stereocenters. The molecule has 3 rings (SSSR count). The summed E-state index contributed by atoms with van der Waals surface area (Å²) in [5.41, 5.74) is 3.26. The average molecular weight is 290 g/mol. The Morgan fingerprint density at radius 3 is 2.70 bits per heavy atom. The largest absolute Gasteiger partial charge is 0.378 e. The lowest BCUT2D eigenvalue weighted by Gasteiger charge is -2.26. The highest BCUT2D eigenvalue weighted by molar-refractivity contribution is 7.20. The highest BCUT2D eigenvalue weighted by atomic mass is 32.1. The normalized spacial score (nSPS) is 15.8. The number of amides is 1. The van der Waals surface area contributed by atoms with Crippen molar-refractivity contribution < 1.29 is 9.53 Å². The van der Waals surface area contributed by atoms with Crippen LogP contribution in [0, 0.1) is 20.8 Å². The maximum atomic E-state index is 12.6. The van der Waals surface area contributed by atoms with Gasteiger partial charge in [0, 0.05) is 24.2 Å². The fourth-order valence-electron chi connectivity index (χ4n) is 2.73. The Kier molecular flexibility index (Phi) is 3.48. The van der Waals surface area contributed by atoms with E-state index in [4.69, 9.17) is 4.74 Å². The van der Waals surface area contributed by atoms with Crippen molar-refractivity contribution in [1.82, 2.24) is 9.88 Å². The molecule has 0 bridgehead atoms. The third-order valence-electron chi connectivity index (χ3n) is 3.72. The third-order valence-corrected chi connectivity index (χ3v) is 4.89. The first-order valence-corrected chi connectivity index (χ1v) is 7.64. The summed E-state index contributed by atoms with van der Waals surface area (Å²) < 4.78 is 5.31. The molecule has 4 nitrogen and oxygen atoms in total. The van der Waals surface area contributed by atoms with Crippen LogP contribution in [0.2, 0.25) is 0 Å². The molecule has 2 aromatic rings. The number of ether oxygens (including phenoxy) is 1. The van der Waals surface area contributed by atoms with Crippen LogP contribution in [0.3, 0.4) is 0 Å². The fourth-order valence-corrected chi connectivity index (χ4v) is 4.00. The van der Waals surface area contributed by atoms with Gasteiger partial charge in [-0.15, -0.1) is 11.3 Å². The van der Waals surface area contributed by atoms with E-state index in [1.165, 1.54) is 16.9 Å². The minimum atomic E-state index is 0.117. The molecule has 1 saturated heterocycles. The molecular formula is C15H18N2O2S. The van der Waals surface area contributed by atoms with Gasteiger partial charge in [-0.2, -0.15) is 0 Å². The number of carbonyl (C=O) groups is 1. The van der Waals surface area contributed by atoms with Crippen molar-refractivity contribution in [2.24, 2.45) is 0 Å². The third kappa shape index (κ3) is 2.21. The molecule has 1 amide bonds. The molecule has 1 aliphatic heterocycles. The summed E-state index contributed by atoms with van der Waals surface area (Å²) in [6.07, 6.45) is 0. The van der Waals surface area contributed by atoms with Crippen LogP contribution in [0.4, 0.5) is 0 Å². The van der Waals surface area contributed by atoms with Crippen molar-refractivity contribution in [3.63, 3.8) is 0 Å². The van der Waals surface area contributed by atoms with Gasteiger partial charge in [-0.25, -0.2) is 4.98 Å². The highest BCUT2D eigenvalue weighted by Crippen LogP contribution is 2.33. The van der Waals surface area contributed by atoms with Crippen LogP contribution in [0.15, 0.2) is 6.07 Å². The predicted octanol–water partition coefficient (Wildman–Crippen LogP) is 2.69. The van der Waals surface area contributed by atoms with Gasteiger partial charge in [0.25, 0.3) is 5.91 Å². The number of hydrogen-bond acceptors (Lipinski definition) is 4. The van der Waals surface area contributed by atoms with Crippen LogP contribution in [0.5, 0.6) is 0 Å². The van der Waals surface area contributed by atoms with Crippen molar-refractivity contribution in [1.29, 1.82) is 0 Å². The van der Waals surface area contributed by atoms with Gasteiger partial charge in [0.05, 0.1) is 18.1 Å². The van der Waals surface area contributed by atoms with Crippen LogP contribution in [-0.2, 0) is 4.74 Å². The van der Waals surface area contributed by atoms with E-state index in [0.29, 0.717) is 26.3 Å². The number of fused-ring (bicyclic) bond motifs is 1. The molecule has 2 aromatic heterocycles. The molecule has 0 aromatic carbocycles. The second-order valence-electron chi connectivity index (χ2n) is 5.22. The Morgan fingerprint density at radius 2 is 2.00 bits per heavy atom. The lowest BCUT2D eigenvalue weighted by molar-refractivity contribution is 0.0306. The molecule has 5 heteroatoms. The number of morpholine rings is 1. The minimum Gasteiger partial charge on any atom is -0.378 e. The van der Waals surface area contributed by atoms with E-state index in [1.807, 2.05) is 18.7 Å². The van der Waals surface area contributed by atoms with Gasteiger partial charge < -0.3 is 9.64 Å². The molecule has 1 aliphatic rings. The molecule has 1 fully saturated rings. The lowest BCUT2D eigenvalue weighted by atomic mass is 10.1. The molecule has 3 heterocycles.